The molecule has 0 spiro atoms. The molecule has 1 aromatic carbocycles. The predicted octanol–water partition coefficient (Wildman–Crippen LogP) is 3.94. The zero-order chi connectivity index (χ0) is 10.6. The molecule has 1 aromatic rings. The number of halogens is 3. The Balaban J connectivity index is 2.57. The van der Waals surface area contributed by atoms with Crippen LogP contribution in [0.4, 0.5) is 0 Å². The van der Waals surface area contributed by atoms with Gasteiger partial charge in [0.15, 0.2) is 0 Å². The molecule has 0 aliphatic rings. The van der Waals surface area contributed by atoms with Crippen molar-refractivity contribution in [1.82, 2.24) is 5.32 Å². The van der Waals surface area contributed by atoms with Crippen LogP contribution in [0, 0.1) is 0 Å². The highest BCUT2D eigenvalue weighted by atomic mass is 79.9. The van der Waals surface area contributed by atoms with E-state index >= 15 is 0 Å². The van der Waals surface area contributed by atoms with Gasteiger partial charge < -0.3 is 5.32 Å². The molecular formula is C10H10BrCl2N. The van der Waals surface area contributed by atoms with E-state index in [2.05, 4.69) is 27.8 Å². The number of benzene rings is 1. The van der Waals surface area contributed by atoms with Crippen LogP contribution in [0.5, 0.6) is 0 Å². The fourth-order valence-electron chi connectivity index (χ4n) is 1.01. The van der Waals surface area contributed by atoms with E-state index in [4.69, 9.17) is 23.2 Å². The van der Waals surface area contributed by atoms with Gasteiger partial charge >= 0.3 is 0 Å². The lowest BCUT2D eigenvalue weighted by Gasteiger charge is -2.06. The van der Waals surface area contributed by atoms with E-state index in [1.165, 1.54) is 0 Å². The monoisotopic (exact) mass is 293 g/mol. The van der Waals surface area contributed by atoms with Crippen LogP contribution in [0.1, 0.15) is 5.56 Å². The summed E-state index contributed by atoms with van der Waals surface area (Å²) in [5, 5.41) is 4.48. The number of hydrogen-bond donors (Lipinski definition) is 1. The van der Waals surface area contributed by atoms with Crippen LogP contribution in [-0.4, -0.2) is 6.54 Å². The van der Waals surface area contributed by atoms with Crippen molar-refractivity contribution in [3.05, 3.63) is 44.9 Å². The molecule has 0 radical (unpaired) electrons. The smallest absolute Gasteiger partial charge is 0.0451 e. The van der Waals surface area contributed by atoms with E-state index in [9.17, 15) is 0 Å². The SMILES string of the molecule is C=C(Cl)CNCc1cc(Br)ccc1Cl. The summed E-state index contributed by atoms with van der Waals surface area (Å²) in [5.41, 5.74) is 1.04. The van der Waals surface area contributed by atoms with Crippen LogP contribution in [0.25, 0.3) is 0 Å². The Morgan fingerprint density at radius 1 is 1.50 bits per heavy atom. The molecule has 1 N–H and O–H groups in total. The molecule has 76 valence electrons. The molecule has 1 nitrogen and oxygen atoms in total. The van der Waals surface area contributed by atoms with Crippen LogP contribution in [0.3, 0.4) is 0 Å². The summed E-state index contributed by atoms with van der Waals surface area (Å²) in [4.78, 5) is 0. The Morgan fingerprint density at radius 3 is 2.86 bits per heavy atom. The average molecular weight is 295 g/mol. The molecule has 0 amide bonds. The lowest BCUT2D eigenvalue weighted by atomic mass is 10.2. The largest absolute Gasteiger partial charge is 0.308 e. The van der Waals surface area contributed by atoms with Crippen molar-refractivity contribution in [2.75, 3.05) is 6.54 Å². The summed E-state index contributed by atoms with van der Waals surface area (Å²) in [7, 11) is 0. The Kier molecular flexibility index (Phi) is 4.96. The van der Waals surface area contributed by atoms with Crippen LogP contribution in [0.2, 0.25) is 5.02 Å². The fraction of sp³-hybridized carbons (Fsp3) is 0.200. The van der Waals surface area contributed by atoms with E-state index in [-0.39, 0.29) is 0 Å². The average Bonchev–Trinajstić information content (AvgIpc) is 2.10. The maximum atomic E-state index is 6.00. The van der Waals surface area contributed by atoms with E-state index in [0.29, 0.717) is 18.1 Å². The minimum absolute atomic E-state index is 0.588. The summed E-state index contributed by atoms with van der Waals surface area (Å²) in [6.45, 7) is 4.86. The van der Waals surface area contributed by atoms with Gasteiger partial charge in [-0.2, -0.15) is 0 Å². The highest BCUT2D eigenvalue weighted by Gasteiger charge is 2.00. The first kappa shape index (κ1) is 12.1. The Morgan fingerprint density at radius 2 is 2.21 bits per heavy atom. The summed E-state index contributed by atoms with van der Waals surface area (Å²) in [6.07, 6.45) is 0. The van der Waals surface area contributed by atoms with Crippen molar-refractivity contribution in [3.63, 3.8) is 0 Å². The van der Waals surface area contributed by atoms with Crippen molar-refractivity contribution in [2.45, 2.75) is 6.54 Å². The molecule has 0 saturated heterocycles. The molecule has 0 aliphatic heterocycles. The Hall–Kier alpha value is -0.0200. The Labute approximate surface area is 102 Å². The van der Waals surface area contributed by atoms with Gasteiger partial charge in [-0.25, -0.2) is 0 Å². The van der Waals surface area contributed by atoms with Gasteiger partial charge in [0.25, 0.3) is 0 Å². The molecule has 0 fully saturated rings. The highest BCUT2D eigenvalue weighted by molar-refractivity contribution is 9.10. The van der Waals surface area contributed by atoms with Gasteiger partial charge in [-0.05, 0) is 23.8 Å². The van der Waals surface area contributed by atoms with E-state index in [1.807, 2.05) is 18.2 Å². The van der Waals surface area contributed by atoms with Crippen LogP contribution in [-0.2, 0) is 6.54 Å². The standard InChI is InChI=1S/C10H10BrCl2N/c1-7(12)5-14-6-8-4-9(11)2-3-10(8)13/h2-4,14H,1,5-6H2. The second-order valence-electron chi connectivity index (χ2n) is 2.86. The van der Waals surface area contributed by atoms with Gasteiger partial charge in [-0.1, -0.05) is 45.7 Å². The van der Waals surface area contributed by atoms with Crippen molar-refractivity contribution < 1.29 is 0 Å². The first-order valence-corrected chi connectivity index (χ1v) is 5.62. The molecule has 14 heavy (non-hydrogen) atoms. The number of nitrogens with one attached hydrogen (secondary N) is 1. The quantitative estimate of drug-likeness (QED) is 0.887. The third-order valence-electron chi connectivity index (χ3n) is 1.64. The van der Waals surface area contributed by atoms with E-state index in [0.717, 1.165) is 15.1 Å². The van der Waals surface area contributed by atoms with Gasteiger partial charge in [0, 0.05) is 27.6 Å². The minimum atomic E-state index is 0.588. The van der Waals surface area contributed by atoms with Crippen LogP contribution >= 0.6 is 39.1 Å². The molecule has 0 heterocycles. The summed E-state index contributed by atoms with van der Waals surface area (Å²) < 4.78 is 1.02. The molecule has 1 rings (SSSR count). The molecule has 0 unspecified atom stereocenters. The number of rotatable bonds is 4. The fourth-order valence-corrected chi connectivity index (χ4v) is 1.70. The Bertz CT molecular complexity index is 339. The topological polar surface area (TPSA) is 12.0 Å². The lowest BCUT2D eigenvalue weighted by Crippen LogP contribution is -2.14. The van der Waals surface area contributed by atoms with Crippen molar-refractivity contribution in [2.24, 2.45) is 0 Å². The van der Waals surface area contributed by atoms with Gasteiger partial charge in [-0.15, -0.1) is 0 Å². The van der Waals surface area contributed by atoms with Crippen molar-refractivity contribution in [3.8, 4) is 0 Å². The second-order valence-corrected chi connectivity index (χ2v) is 4.71. The summed E-state index contributed by atoms with van der Waals surface area (Å²) in [6, 6.07) is 5.75. The maximum Gasteiger partial charge on any atom is 0.0451 e. The van der Waals surface area contributed by atoms with Gasteiger partial charge in [-0.3, -0.25) is 0 Å². The third kappa shape index (κ3) is 4.01. The molecular weight excluding hydrogens is 285 g/mol. The van der Waals surface area contributed by atoms with Gasteiger partial charge in [0.2, 0.25) is 0 Å². The maximum absolute atomic E-state index is 6.00. The predicted molar refractivity (Wildman–Crippen MR) is 65.9 cm³/mol. The molecule has 4 heteroatoms. The molecule has 0 atom stereocenters. The van der Waals surface area contributed by atoms with Crippen LogP contribution < -0.4 is 5.32 Å². The van der Waals surface area contributed by atoms with E-state index in [1.54, 1.807) is 0 Å². The zero-order valence-electron chi connectivity index (χ0n) is 7.49. The highest BCUT2D eigenvalue weighted by Crippen LogP contribution is 2.20. The molecule has 0 aromatic heterocycles. The van der Waals surface area contributed by atoms with E-state index < -0.39 is 0 Å². The molecule has 0 aliphatic carbocycles. The minimum Gasteiger partial charge on any atom is -0.308 e. The summed E-state index contributed by atoms with van der Waals surface area (Å²) in [5.74, 6) is 0. The van der Waals surface area contributed by atoms with Crippen molar-refractivity contribution >= 4 is 39.1 Å². The lowest BCUT2D eigenvalue weighted by molar-refractivity contribution is 0.755. The number of hydrogen-bond acceptors (Lipinski definition) is 1. The van der Waals surface area contributed by atoms with Gasteiger partial charge in [0.05, 0.1) is 0 Å². The second kappa shape index (κ2) is 5.76. The third-order valence-corrected chi connectivity index (χ3v) is 2.64. The van der Waals surface area contributed by atoms with Crippen LogP contribution in [0.15, 0.2) is 34.3 Å². The zero-order valence-corrected chi connectivity index (χ0v) is 10.6. The first-order chi connectivity index (χ1) is 6.59. The normalized spacial score (nSPS) is 10.2. The molecule has 0 saturated carbocycles. The molecule has 0 bridgehead atoms. The summed E-state index contributed by atoms with van der Waals surface area (Å²) >= 11 is 15.0. The first-order valence-electron chi connectivity index (χ1n) is 4.07. The van der Waals surface area contributed by atoms with Crippen molar-refractivity contribution in [1.29, 1.82) is 0 Å². The van der Waals surface area contributed by atoms with Gasteiger partial charge in [0.1, 0.15) is 0 Å².